The van der Waals surface area contributed by atoms with Crippen molar-refractivity contribution in [2.75, 3.05) is 26.9 Å². The van der Waals surface area contributed by atoms with Gasteiger partial charge < -0.3 is 10.3 Å². The Morgan fingerprint density at radius 2 is 1.79 bits per heavy atom. The van der Waals surface area contributed by atoms with Crippen molar-refractivity contribution in [2.24, 2.45) is 5.73 Å². The van der Waals surface area contributed by atoms with E-state index in [9.17, 15) is 21.2 Å². The minimum absolute atomic E-state index is 0. The van der Waals surface area contributed by atoms with E-state index < -0.39 is 25.7 Å². The molecule has 0 spiro atoms. The smallest absolute Gasteiger partial charge is 0.242 e. The molecule has 12 heteroatoms. The van der Waals surface area contributed by atoms with E-state index in [0.717, 1.165) is 10.6 Å². The average Bonchev–Trinajstić information content (AvgIpc) is 2.98. The second-order valence-corrected chi connectivity index (χ2v) is 11.9. The fraction of sp³-hybridized carbons (Fsp3) is 0.238. The molecular weight excluding hydrogens is 512 g/mol. The van der Waals surface area contributed by atoms with Crippen LogP contribution in [0.2, 0.25) is 5.15 Å². The Kier molecular flexibility index (Phi) is 8.37. The maximum Gasteiger partial charge on any atom is 0.242 e. The molecule has 0 radical (unpaired) electrons. The van der Waals surface area contributed by atoms with Crippen LogP contribution in [0.5, 0.6) is 0 Å². The second-order valence-electron chi connectivity index (χ2n) is 7.41. The van der Waals surface area contributed by atoms with Crippen LogP contribution in [0.25, 0.3) is 22.0 Å². The van der Waals surface area contributed by atoms with E-state index in [4.69, 9.17) is 17.3 Å². The topological polar surface area (TPSA) is 102 Å². The SMILES string of the molecule is CN(C)S(=O)(=O)c1cccc(-c2c(Cl)n(C/C(F)=C/CN)c3ccc(S(C)(=O)=O)cc23)c1.Cl. The van der Waals surface area contributed by atoms with Crippen LogP contribution in [0, 0.1) is 0 Å². The summed E-state index contributed by atoms with van der Waals surface area (Å²) in [5.41, 5.74) is 6.75. The highest BCUT2D eigenvalue weighted by atomic mass is 35.5. The first-order valence-corrected chi connectivity index (χ1v) is 13.2. The van der Waals surface area contributed by atoms with Crippen molar-refractivity contribution in [1.82, 2.24) is 8.87 Å². The molecule has 33 heavy (non-hydrogen) atoms. The van der Waals surface area contributed by atoms with Gasteiger partial charge >= 0.3 is 0 Å². The fourth-order valence-electron chi connectivity index (χ4n) is 3.33. The van der Waals surface area contributed by atoms with Gasteiger partial charge in [-0.05, 0) is 42.0 Å². The summed E-state index contributed by atoms with van der Waals surface area (Å²) in [5, 5.41) is 0.600. The van der Waals surface area contributed by atoms with E-state index in [0.29, 0.717) is 22.0 Å². The Bertz CT molecular complexity index is 1430. The van der Waals surface area contributed by atoms with Gasteiger partial charge in [0.1, 0.15) is 11.0 Å². The van der Waals surface area contributed by atoms with E-state index in [2.05, 4.69) is 0 Å². The molecule has 0 aliphatic heterocycles. The van der Waals surface area contributed by atoms with Crippen molar-refractivity contribution < 1.29 is 21.2 Å². The highest BCUT2D eigenvalue weighted by molar-refractivity contribution is 7.90. The largest absolute Gasteiger partial charge is 0.327 e. The number of halogens is 3. The Labute approximate surface area is 204 Å². The van der Waals surface area contributed by atoms with Gasteiger partial charge in [-0.3, -0.25) is 0 Å². The van der Waals surface area contributed by atoms with Gasteiger partial charge in [0.15, 0.2) is 9.84 Å². The van der Waals surface area contributed by atoms with E-state index in [1.807, 2.05) is 0 Å². The first-order valence-electron chi connectivity index (χ1n) is 9.47. The Hall–Kier alpha value is -1.95. The Balaban J connectivity index is 0.00000385. The number of fused-ring (bicyclic) bond motifs is 1. The molecule has 0 saturated carbocycles. The predicted molar refractivity (Wildman–Crippen MR) is 132 cm³/mol. The van der Waals surface area contributed by atoms with Crippen molar-refractivity contribution in [2.45, 2.75) is 16.3 Å². The lowest BCUT2D eigenvalue weighted by Crippen LogP contribution is -2.22. The van der Waals surface area contributed by atoms with E-state index >= 15 is 0 Å². The van der Waals surface area contributed by atoms with Gasteiger partial charge in [-0.1, -0.05) is 23.7 Å². The number of benzene rings is 2. The van der Waals surface area contributed by atoms with Crippen LogP contribution in [0.4, 0.5) is 4.39 Å². The lowest BCUT2D eigenvalue weighted by atomic mass is 10.1. The summed E-state index contributed by atoms with van der Waals surface area (Å²) < 4.78 is 66.4. The molecule has 0 aliphatic rings. The van der Waals surface area contributed by atoms with E-state index in [1.165, 1.54) is 49.0 Å². The van der Waals surface area contributed by atoms with Crippen LogP contribution >= 0.6 is 24.0 Å². The van der Waals surface area contributed by atoms with Gasteiger partial charge in [0.05, 0.1) is 21.9 Å². The summed E-state index contributed by atoms with van der Waals surface area (Å²) in [7, 11) is -4.40. The predicted octanol–water partition coefficient (Wildman–Crippen LogP) is 3.85. The van der Waals surface area contributed by atoms with Crippen LogP contribution < -0.4 is 5.73 Å². The minimum Gasteiger partial charge on any atom is -0.327 e. The van der Waals surface area contributed by atoms with E-state index in [-0.39, 0.29) is 40.4 Å². The molecular formula is C21H24Cl2FN3O4S2. The van der Waals surface area contributed by atoms with Gasteiger partial charge in [0.25, 0.3) is 0 Å². The molecule has 180 valence electrons. The van der Waals surface area contributed by atoms with Crippen LogP contribution in [0.15, 0.2) is 64.2 Å². The second kappa shape index (κ2) is 10.1. The lowest BCUT2D eigenvalue weighted by Gasteiger charge is -2.12. The molecule has 0 unspecified atom stereocenters. The molecule has 0 saturated heterocycles. The normalized spacial score (nSPS) is 12.9. The van der Waals surface area contributed by atoms with Crippen LogP contribution in [-0.2, 0) is 26.4 Å². The molecule has 2 aromatic carbocycles. The fourth-order valence-corrected chi connectivity index (χ4v) is 5.29. The molecule has 1 heterocycles. The number of allylic oxidation sites excluding steroid dienone is 1. The Morgan fingerprint density at radius 1 is 1.12 bits per heavy atom. The molecule has 2 N–H and O–H groups in total. The van der Waals surface area contributed by atoms with Crippen molar-refractivity contribution in [3.8, 4) is 11.1 Å². The number of sulfone groups is 1. The quantitative estimate of drug-likeness (QED) is 0.494. The van der Waals surface area contributed by atoms with Gasteiger partial charge in [0.2, 0.25) is 10.0 Å². The number of nitrogens with zero attached hydrogens (tertiary/aromatic N) is 2. The number of nitrogens with two attached hydrogens (primary N) is 1. The maximum atomic E-state index is 14.3. The summed E-state index contributed by atoms with van der Waals surface area (Å²) in [6.45, 7) is -0.196. The highest BCUT2D eigenvalue weighted by Gasteiger charge is 2.23. The van der Waals surface area contributed by atoms with Crippen molar-refractivity contribution >= 4 is 54.8 Å². The zero-order valence-electron chi connectivity index (χ0n) is 18.1. The lowest BCUT2D eigenvalue weighted by molar-refractivity contribution is 0.521. The summed E-state index contributed by atoms with van der Waals surface area (Å²) in [5.74, 6) is -0.506. The monoisotopic (exact) mass is 535 g/mol. The van der Waals surface area contributed by atoms with Gasteiger partial charge in [0, 0.05) is 37.8 Å². The third-order valence-electron chi connectivity index (χ3n) is 4.95. The first-order chi connectivity index (χ1) is 14.9. The molecule has 0 atom stereocenters. The molecule has 1 aromatic heterocycles. The van der Waals surface area contributed by atoms with Gasteiger partial charge in [-0.2, -0.15) is 0 Å². The number of aromatic nitrogens is 1. The molecule has 0 fully saturated rings. The van der Waals surface area contributed by atoms with Crippen LogP contribution in [0.1, 0.15) is 0 Å². The van der Waals surface area contributed by atoms with Crippen molar-refractivity contribution in [3.63, 3.8) is 0 Å². The van der Waals surface area contributed by atoms with Gasteiger partial charge in [-0.15, -0.1) is 12.4 Å². The molecule has 7 nitrogen and oxygen atoms in total. The minimum atomic E-state index is -3.72. The van der Waals surface area contributed by atoms with Crippen molar-refractivity contribution in [1.29, 1.82) is 0 Å². The molecule has 3 rings (SSSR count). The maximum absolute atomic E-state index is 14.3. The highest BCUT2D eigenvalue weighted by Crippen LogP contribution is 2.40. The third-order valence-corrected chi connectivity index (χ3v) is 8.26. The van der Waals surface area contributed by atoms with Crippen LogP contribution in [-0.4, -0.2) is 52.6 Å². The number of sulfonamides is 1. The summed E-state index contributed by atoms with van der Waals surface area (Å²) in [6, 6.07) is 10.6. The molecule has 3 aromatic rings. The molecule has 0 amide bonds. The third kappa shape index (κ3) is 5.42. The summed E-state index contributed by atoms with van der Waals surface area (Å²) in [6.07, 6.45) is 2.30. The summed E-state index contributed by atoms with van der Waals surface area (Å²) >= 11 is 6.66. The van der Waals surface area contributed by atoms with E-state index in [1.54, 1.807) is 18.2 Å². The van der Waals surface area contributed by atoms with Crippen molar-refractivity contribution in [3.05, 3.63) is 59.5 Å². The zero-order chi connectivity index (χ0) is 23.8. The number of hydrogen-bond acceptors (Lipinski definition) is 5. The first kappa shape index (κ1) is 27.3. The Morgan fingerprint density at radius 3 is 2.36 bits per heavy atom. The molecule has 0 aliphatic carbocycles. The summed E-state index contributed by atoms with van der Waals surface area (Å²) in [4.78, 5) is 0.112. The average molecular weight is 536 g/mol. The number of rotatable bonds is 7. The number of hydrogen-bond donors (Lipinski definition) is 1. The molecule has 0 bridgehead atoms. The standard InChI is InChI=1S/C21H23ClFN3O4S2.ClH/c1-25(2)32(29,30)17-6-4-5-14(11-17)20-18-12-16(31(3,27)28)7-8-19(18)26(21(20)22)13-15(23)9-10-24;/h4-9,11-12H,10,13,24H2,1-3H3;1H/b15-9-;. The van der Waals surface area contributed by atoms with Crippen LogP contribution in [0.3, 0.4) is 0 Å². The zero-order valence-corrected chi connectivity index (χ0v) is 21.3. The van der Waals surface area contributed by atoms with Gasteiger partial charge in [-0.25, -0.2) is 25.5 Å².